The standard InChI is InChI=1S/C25H24N4O4S2/c1-33-19-10-12-20(13-11-19)35(31,32)29-15-5-8-22(29)24(30)28(17-18-6-4-14-26-16-18)25-27-21-7-2-3-9-23(21)34-25/h2-4,6-7,9-14,16,22H,5,8,15,17H2,1H3. The van der Waals surface area contributed by atoms with Crippen molar-refractivity contribution in [3.63, 3.8) is 0 Å². The number of methoxy groups -OCH3 is 1. The number of amides is 1. The van der Waals surface area contributed by atoms with Crippen molar-refractivity contribution in [1.29, 1.82) is 0 Å². The number of hydrogen-bond donors (Lipinski definition) is 0. The van der Waals surface area contributed by atoms with E-state index in [1.54, 1.807) is 29.4 Å². The first kappa shape index (κ1) is 23.4. The number of anilines is 1. The molecule has 35 heavy (non-hydrogen) atoms. The van der Waals surface area contributed by atoms with Crippen LogP contribution in [0.3, 0.4) is 0 Å². The monoisotopic (exact) mass is 508 g/mol. The molecule has 1 atom stereocenters. The summed E-state index contributed by atoms with van der Waals surface area (Å²) in [4.78, 5) is 24.5. The average molecular weight is 509 g/mol. The highest BCUT2D eigenvalue weighted by molar-refractivity contribution is 7.89. The molecule has 1 fully saturated rings. The molecule has 0 N–H and O–H groups in total. The van der Waals surface area contributed by atoms with Gasteiger partial charge in [0.15, 0.2) is 5.13 Å². The van der Waals surface area contributed by atoms with Crippen molar-refractivity contribution in [3.05, 3.63) is 78.6 Å². The Morgan fingerprint density at radius 3 is 2.66 bits per heavy atom. The fraction of sp³-hybridized carbons (Fsp3) is 0.240. The zero-order valence-electron chi connectivity index (χ0n) is 19.1. The van der Waals surface area contributed by atoms with Gasteiger partial charge in [-0.05, 0) is 60.9 Å². The summed E-state index contributed by atoms with van der Waals surface area (Å²) < 4.78 is 34.4. The zero-order valence-corrected chi connectivity index (χ0v) is 20.7. The number of rotatable bonds is 7. The van der Waals surface area contributed by atoms with E-state index >= 15 is 0 Å². The van der Waals surface area contributed by atoms with Crippen molar-refractivity contribution in [2.45, 2.75) is 30.3 Å². The van der Waals surface area contributed by atoms with Crippen molar-refractivity contribution < 1.29 is 17.9 Å². The summed E-state index contributed by atoms with van der Waals surface area (Å²) in [5.41, 5.74) is 1.63. The SMILES string of the molecule is COc1ccc(S(=O)(=O)N2CCCC2C(=O)N(Cc2cccnc2)c2nc3ccccc3s2)cc1. The molecule has 4 aromatic rings. The third-order valence-electron chi connectivity index (χ3n) is 6.00. The van der Waals surface area contributed by atoms with Gasteiger partial charge >= 0.3 is 0 Å². The minimum absolute atomic E-state index is 0.136. The molecule has 180 valence electrons. The summed E-state index contributed by atoms with van der Waals surface area (Å²) in [6.07, 6.45) is 4.43. The summed E-state index contributed by atoms with van der Waals surface area (Å²) in [5, 5.41) is 0.536. The molecule has 5 rings (SSSR count). The highest BCUT2D eigenvalue weighted by atomic mass is 32.2. The average Bonchev–Trinajstić information content (AvgIpc) is 3.55. The van der Waals surface area contributed by atoms with E-state index in [9.17, 15) is 13.2 Å². The van der Waals surface area contributed by atoms with E-state index in [-0.39, 0.29) is 23.9 Å². The maximum Gasteiger partial charge on any atom is 0.247 e. The van der Waals surface area contributed by atoms with Gasteiger partial charge in [0.1, 0.15) is 11.8 Å². The van der Waals surface area contributed by atoms with E-state index in [1.807, 2.05) is 36.4 Å². The molecule has 1 aliphatic heterocycles. The van der Waals surface area contributed by atoms with E-state index in [0.29, 0.717) is 23.7 Å². The largest absolute Gasteiger partial charge is 0.497 e. The van der Waals surface area contributed by atoms with Crippen molar-refractivity contribution in [2.24, 2.45) is 0 Å². The van der Waals surface area contributed by atoms with E-state index in [2.05, 4.69) is 9.97 Å². The number of carbonyl (C=O) groups excluding carboxylic acids is 1. The Morgan fingerprint density at radius 2 is 1.94 bits per heavy atom. The molecule has 0 radical (unpaired) electrons. The molecule has 10 heteroatoms. The summed E-state index contributed by atoms with van der Waals surface area (Å²) in [6.45, 7) is 0.533. The number of ether oxygens (including phenoxy) is 1. The summed E-state index contributed by atoms with van der Waals surface area (Å²) in [6, 6.07) is 16.8. The van der Waals surface area contributed by atoms with Crippen molar-refractivity contribution in [2.75, 3.05) is 18.6 Å². The van der Waals surface area contributed by atoms with Gasteiger partial charge in [0, 0.05) is 18.9 Å². The smallest absolute Gasteiger partial charge is 0.247 e. The highest BCUT2D eigenvalue weighted by Crippen LogP contribution is 2.33. The van der Waals surface area contributed by atoms with Crippen LogP contribution in [0.15, 0.2) is 78.0 Å². The molecule has 8 nitrogen and oxygen atoms in total. The van der Waals surface area contributed by atoms with Gasteiger partial charge in [-0.25, -0.2) is 13.4 Å². The topological polar surface area (TPSA) is 92.7 Å². The van der Waals surface area contributed by atoms with E-state index in [4.69, 9.17) is 4.74 Å². The summed E-state index contributed by atoms with van der Waals surface area (Å²) >= 11 is 1.41. The number of aromatic nitrogens is 2. The van der Waals surface area contributed by atoms with Crippen LogP contribution in [-0.2, 0) is 21.4 Å². The van der Waals surface area contributed by atoms with Crippen LogP contribution < -0.4 is 9.64 Å². The first-order valence-corrected chi connectivity index (χ1v) is 13.4. The number of fused-ring (bicyclic) bond motifs is 1. The van der Waals surface area contributed by atoms with E-state index < -0.39 is 16.1 Å². The lowest BCUT2D eigenvalue weighted by Gasteiger charge is -2.28. The maximum atomic E-state index is 14.0. The number of sulfonamides is 1. The number of thiazole rings is 1. The summed E-state index contributed by atoms with van der Waals surface area (Å²) in [7, 11) is -2.34. The van der Waals surface area contributed by atoms with Crippen LogP contribution in [0.25, 0.3) is 10.2 Å². The van der Waals surface area contributed by atoms with Crippen LogP contribution in [0.4, 0.5) is 5.13 Å². The third kappa shape index (κ3) is 4.64. The number of para-hydroxylation sites is 1. The maximum absolute atomic E-state index is 14.0. The molecule has 0 bridgehead atoms. The fourth-order valence-corrected chi connectivity index (χ4v) is 6.85. The molecule has 1 amide bonds. The normalized spacial score (nSPS) is 16.4. The predicted octanol–water partition coefficient (Wildman–Crippen LogP) is 4.09. The van der Waals surface area contributed by atoms with Gasteiger partial charge in [-0.3, -0.25) is 14.7 Å². The molecule has 0 aliphatic carbocycles. The minimum Gasteiger partial charge on any atom is -0.497 e. The minimum atomic E-state index is -3.87. The van der Waals surface area contributed by atoms with Gasteiger partial charge in [-0.1, -0.05) is 29.5 Å². The Labute approximate surface area is 207 Å². The van der Waals surface area contributed by atoms with Gasteiger partial charge in [0.25, 0.3) is 0 Å². The quantitative estimate of drug-likeness (QED) is 0.373. The first-order valence-electron chi connectivity index (χ1n) is 11.2. The number of carbonyl (C=O) groups is 1. The number of hydrogen-bond acceptors (Lipinski definition) is 7. The van der Waals surface area contributed by atoms with Crippen LogP contribution in [0, 0.1) is 0 Å². The molecule has 1 saturated heterocycles. The summed E-state index contributed by atoms with van der Waals surface area (Å²) in [5.74, 6) is 0.277. The van der Waals surface area contributed by atoms with Crippen molar-refractivity contribution in [3.8, 4) is 5.75 Å². The Kier molecular flexibility index (Phi) is 6.50. The van der Waals surface area contributed by atoms with Crippen LogP contribution in [-0.4, -0.2) is 48.3 Å². The Bertz CT molecular complexity index is 1410. The number of pyridine rings is 1. The van der Waals surface area contributed by atoms with Gasteiger partial charge in [0.2, 0.25) is 15.9 Å². The second kappa shape index (κ2) is 9.73. The van der Waals surface area contributed by atoms with Gasteiger partial charge in [-0.15, -0.1) is 0 Å². The molecular weight excluding hydrogens is 484 g/mol. The fourth-order valence-electron chi connectivity index (χ4n) is 4.23. The lowest BCUT2D eigenvalue weighted by molar-refractivity contribution is -0.121. The van der Waals surface area contributed by atoms with E-state index in [1.165, 1.54) is 34.9 Å². The Hall–Kier alpha value is -3.34. The molecule has 2 aromatic carbocycles. The second-order valence-electron chi connectivity index (χ2n) is 8.20. The molecule has 1 unspecified atom stereocenters. The highest BCUT2D eigenvalue weighted by Gasteiger charge is 2.42. The molecular formula is C25H24N4O4S2. The van der Waals surface area contributed by atoms with Gasteiger partial charge in [0.05, 0.1) is 28.8 Å². The lowest BCUT2D eigenvalue weighted by atomic mass is 10.2. The van der Waals surface area contributed by atoms with Crippen molar-refractivity contribution >= 4 is 42.6 Å². The molecule has 0 spiro atoms. The molecule has 0 saturated carbocycles. The van der Waals surface area contributed by atoms with Crippen LogP contribution in [0.1, 0.15) is 18.4 Å². The first-order chi connectivity index (χ1) is 17.0. The number of nitrogens with zero attached hydrogens (tertiary/aromatic N) is 4. The van der Waals surface area contributed by atoms with Gasteiger partial charge in [-0.2, -0.15) is 4.31 Å². The van der Waals surface area contributed by atoms with Crippen LogP contribution in [0.2, 0.25) is 0 Å². The second-order valence-corrected chi connectivity index (χ2v) is 11.1. The molecule has 2 aromatic heterocycles. The Morgan fingerprint density at radius 1 is 1.14 bits per heavy atom. The van der Waals surface area contributed by atoms with Crippen molar-refractivity contribution in [1.82, 2.24) is 14.3 Å². The molecule has 3 heterocycles. The predicted molar refractivity (Wildman–Crippen MR) is 135 cm³/mol. The lowest BCUT2D eigenvalue weighted by Crippen LogP contribution is -2.47. The number of benzene rings is 2. The van der Waals surface area contributed by atoms with E-state index in [0.717, 1.165) is 15.8 Å². The van der Waals surface area contributed by atoms with Crippen LogP contribution in [0.5, 0.6) is 5.75 Å². The molecule has 1 aliphatic rings. The van der Waals surface area contributed by atoms with Crippen LogP contribution >= 0.6 is 11.3 Å². The zero-order chi connectivity index (χ0) is 24.4. The third-order valence-corrected chi connectivity index (χ3v) is 8.98. The Balaban J connectivity index is 1.50. The van der Waals surface area contributed by atoms with Gasteiger partial charge < -0.3 is 4.74 Å².